The Bertz CT molecular complexity index is 1230. The summed E-state index contributed by atoms with van der Waals surface area (Å²) in [5.41, 5.74) is 1.09. The molecule has 0 radical (unpaired) electrons. The quantitative estimate of drug-likeness (QED) is 0.391. The number of halogens is 1. The van der Waals surface area contributed by atoms with Crippen LogP contribution in [0.3, 0.4) is 0 Å². The summed E-state index contributed by atoms with van der Waals surface area (Å²) >= 11 is 0. The van der Waals surface area contributed by atoms with Crippen molar-refractivity contribution in [1.82, 2.24) is 4.72 Å². The Morgan fingerprint density at radius 1 is 0.943 bits per heavy atom. The Kier molecular flexibility index (Phi) is 8.93. The number of hydrogen-bond donors (Lipinski definition) is 2. The van der Waals surface area contributed by atoms with E-state index in [0.717, 1.165) is 24.3 Å². The van der Waals surface area contributed by atoms with Gasteiger partial charge in [0.05, 0.1) is 17.9 Å². The summed E-state index contributed by atoms with van der Waals surface area (Å²) in [7, 11) is -4.15. The third-order valence-electron chi connectivity index (χ3n) is 4.77. The third-order valence-corrected chi connectivity index (χ3v) is 6.26. The number of carbonyl (C=O) groups is 2. The number of esters is 1. The van der Waals surface area contributed by atoms with Gasteiger partial charge in [-0.05, 0) is 61.0 Å². The smallest absolute Gasteiger partial charge is 0.310 e. The Hall–Kier alpha value is -3.76. The van der Waals surface area contributed by atoms with Gasteiger partial charge in [-0.1, -0.05) is 30.3 Å². The van der Waals surface area contributed by atoms with Gasteiger partial charge in [0.2, 0.25) is 15.9 Å². The number of sulfonamides is 1. The van der Waals surface area contributed by atoms with E-state index in [4.69, 9.17) is 9.47 Å². The second-order valence-corrected chi connectivity index (χ2v) is 9.13. The maximum atomic E-state index is 13.2. The normalized spacial score (nSPS) is 11.9. The van der Waals surface area contributed by atoms with Crippen molar-refractivity contribution in [3.05, 3.63) is 90.2 Å². The first-order valence-corrected chi connectivity index (χ1v) is 12.3. The highest BCUT2D eigenvalue weighted by molar-refractivity contribution is 7.89. The molecule has 10 heteroatoms. The van der Waals surface area contributed by atoms with Crippen LogP contribution in [0, 0.1) is 5.82 Å². The Morgan fingerprint density at radius 2 is 1.60 bits per heavy atom. The molecule has 3 aromatic carbocycles. The predicted octanol–water partition coefficient (Wildman–Crippen LogP) is 3.30. The highest BCUT2D eigenvalue weighted by Crippen LogP contribution is 2.15. The lowest BCUT2D eigenvalue weighted by Gasteiger charge is -2.19. The summed E-state index contributed by atoms with van der Waals surface area (Å²) in [5, 5.41) is 2.65. The van der Waals surface area contributed by atoms with Gasteiger partial charge in [0.1, 0.15) is 24.2 Å². The summed E-state index contributed by atoms with van der Waals surface area (Å²) in [6.45, 7) is 1.71. The third kappa shape index (κ3) is 7.90. The highest BCUT2D eigenvalue weighted by atomic mass is 32.2. The van der Waals surface area contributed by atoms with Crippen molar-refractivity contribution in [2.45, 2.75) is 24.3 Å². The van der Waals surface area contributed by atoms with Gasteiger partial charge in [-0.3, -0.25) is 9.59 Å². The molecule has 3 rings (SSSR count). The van der Waals surface area contributed by atoms with Gasteiger partial charge < -0.3 is 14.8 Å². The molecule has 0 fully saturated rings. The molecule has 0 unspecified atom stereocenters. The molecule has 0 saturated heterocycles. The first-order valence-electron chi connectivity index (χ1n) is 10.8. The number of benzene rings is 3. The van der Waals surface area contributed by atoms with E-state index in [1.54, 1.807) is 61.5 Å². The standard InChI is InChI=1S/C25H25FN2O6S/c1-2-33-24(29)16-18-8-12-20(13-9-18)27-25(30)23(17-34-21-6-4-3-5-7-21)28-35(31,32)22-14-10-19(26)11-15-22/h3-15,23,28H,2,16-17H2,1H3,(H,27,30)/t23-/m0/s1. The second-order valence-electron chi connectivity index (χ2n) is 7.42. The zero-order valence-electron chi connectivity index (χ0n) is 18.9. The van der Waals surface area contributed by atoms with Crippen LogP contribution in [0.25, 0.3) is 0 Å². The van der Waals surface area contributed by atoms with Crippen molar-refractivity contribution in [1.29, 1.82) is 0 Å². The Balaban J connectivity index is 1.74. The fourth-order valence-electron chi connectivity index (χ4n) is 3.04. The van der Waals surface area contributed by atoms with E-state index in [0.29, 0.717) is 17.0 Å². The number of hydrogen-bond acceptors (Lipinski definition) is 6. The van der Waals surface area contributed by atoms with E-state index in [2.05, 4.69) is 10.0 Å². The Labute approximate surface area is 203 Å². The van der Waals surface area contributed by atoms with Crippen LogP contribution >= 0.6 is 0 Å². The fourth-order valence-corrected chi connectivity index (χ4v) is 4.22. The fraction of sp³-hybridized carbons (Fsp3) is 0.200. The van der Waals surface area contributed by atoms with Crippen LogP contribution in [-0.2, 0) is 30.8 Å². The van der Waals surface area contributed by atoms with E-state index >= 15 is 0 Å². The van der Waals surface area contributed by atoms with Gasteiger partial charge in [0.15, 0.2) is 0 Å². The molecule has 0 aliphatic rings. The minimum atomic E-state index is -4.15. The molecular weight excluding hydrogens is 475 g/mol. The molecule has 3 aromatic rings. The molecule has 1 atom stereocenters. The number of nitrogens with one attached hydrogen (secondary N) is 2. The van der Waals surface area contributed by atoms with Crippen LogP contribution in [0.15, 0.2) is 83.8 Å². The van der Waals surface area contributed by atoms with Crippen molar-refractivity contribution < 1.29 is 31.9 Å². The van der Waals surface area contributed by atoms with E-state index in [1.165, 1.54) is 0 Å². The summed E-state index contributed by atoms with van der Waals surface area (Å²) < 4.78 is 51.7. The van der Waals surface area contributed by atoms with E-state index < -0.39 is 27.8 Å². The van der Waals surface area contributed by atoms with Crippen molar-refractivity contribution in [3.8, 4) is 5.75 Å². The maximum Gasteiger partial charge on any atom is 0.310 e. The molecule has 0 aliphatic heterocycles. The van der Waals surface area contributed by atoms with Crippen LogP contribution in [0.5, 0.6) is 5.75 Å². The summed E-state index contributed by atoms with van der Waals surface area (Å²) in [5.74, 6) is -1.16. The lowest BCUT2D eigenvalue weighted by molar-refractivity contribution is -0.142. The van der Waals surface area contributed by atoms with Gasteiger partial charge in [0.25, 0.3) is 0 Å². The summed E-state index contributed by atoms with van der Waals surface area (Å²) in [4.78, 5) is 24.4. The van der Waals surface area contributed by atoms with Gasteiger partial charge in [-0.15, -0.1) is 0 Å². The molecule has 2 N–H and O–H groups in total. The molecular formula is C25H25FN2O6S. The molecule has 1 amide bonds. The summed E-state index contributed by atoms with van der Waals surface area (Å²) in [6.07, 6.45) is 0.0904. The van der Waals surface area contributed by atoms with Crippen LogP contribution < -0.4 is 14.8 Å². The SMILES string of the molecule is CCOC(=O)Cc1ccc(NC(=O)[C@H](COc2ccccc2)NS(=O)(=O)c2ccc(F)cc2)cc1. The average Bonchev–Trinajstić information content (AvgIpc) is 2.84. The molecule has 0 bridgehead atoms. The second kappa shape index (κ2) is 12.1. The van der Waals surface area contributed by atoms with Crippen LogP contribution in [0.2, 0.25) is 0 Å². The first kappa shape index (κ1) is 25.9. The van der Waals surface area contributed by atoms with Crippen molar-refractivity contribution in [2.24, 2.45) is 0 Å². The number of carbonyl (C=O) groups excluding carboxylic acids is 2. The van der Waals surface area contributed by atoms with Crippen LogP contribution in [0.4, 0.5) is 10.1 Å². The average molecular weight is 501 g/mol. The molecule has 0 aromatic heterocycles. The molecule has 0 spiro atoms. The van der Waals surface area contributed by atoms with Crippen molar-refractivity contribution in [3.63, 3.8) is 0 Å². The zero-order valence-corrected chi connectivity index (χ0v) is 19.8. The lowest BCUT2D eigenvalue weighted by atomic mass is 10.1. The molecule has 8 nitrogen and oxygen atoms in total. The number of ether oxygens (including phenoxy) is 2. The maximum absolute atomic E-state index is 13.2. The van der Waals surface area contributed by atoms with Crippen LogP contribution in [-0.4, -0.2) is 39.5 Å². The van der Waals surface area contributed by atoms with E-state index in [9.17, 15) is 22.4 Å². The largest absolute Gasteiger partial charge is 0.491 e. The van der Waals surface area contributed by atoms with Gasteiger partial charge in [-0.2, -0.15) is 4.72 Å². The number of amides is 1. The summed E-state index contributed by atoms with van der Waals surface area (Å²) in [6, 6.07) is 18.1. The minimum absolute atomic E-state index is 0.0904. The van der Waals surface area contributed by atoms with E-state index in [1.807, 2.05) is 0 Å². The van der Waals surface area contributed by atoms with E-state index in [-0.39, 0.29) is 30.5 Å². The van der Waals surface area contributed by atoms with Crippen LogP contribution in [0.1, 0.15) is 12.5 Å². The van der Waals surface area contributed by atoms with Gasteiger partial charge in [0, 0.05) is 5.69 Å². The molecule has 35 heavy (non-hydrogen) atoms. The molecule has 0 saturated carbocycles. The lowest BCUT2D eigenvalue weighted by Crippen LogP contribution is -2.47. The zero-order chi connectivity index (χ0) is 25.3. The molecule has 0 heterocycles. The van der Waals surface area contributed by atoms with Gasteiger partial charge >= 0.3 is 5.97 Å². The van der Waals surface area contributed by atoms with Crippen molar-refractivity contribution >= 4 is 27.6 Å². The first-order chi connectivity index (χ1) is 16.8. The molecule has 0 aliphatic carbocycles. The van der Waals surface area contributed by atoms with Crippen molar-refractivity contribution in [2.75, 3.05) is 18.5 Å². The topological polar surface area (TPSA) is 111 Å². The Morgan fingerprint density at radius 3 is 2.23 bits per heavy atom. The molecule has 184 valence electrons. The monoisotopic (exact) mass is 500 g/mol. The number of rotatable bonds is 11. The number of anilines is 1. The highest BCUT2D eigenvalue weighted by Gasteiger charge is 2.27. The minimum Gasteiger partial charge on any atom is -0.491 e. The van der Waals surface area contributed by atoms with Gasteiger partial charge in [-0.25, -0.2) is 12.8 Å². The number of para-hydroxylation sites is 1. The predicted molar refractivity (Wildman–Crippen MR) is 128 cm³/mol.